The molecule has 1 heterocycles. The van der Waals surface area contributed by atoms with E-state index in [1.54, 1.807) is 0 Å². The number of thiazole rings is 1. The molecule has 1 aromatic heterocycles. The first kappa shape index (κ1) is 13.3. The van der Waals surface area contributed by atoms with Gasteiger partial charge in [0.15, 0.2) is 5.13 Å². The normalized spacial score (nSPS) is 10.2. The van der Waals surface area contributed by atoms with Crippen molar-refractivity contribution in [3.05, 3.63) is 38.4 Å². The minimum absolute atomic E-state index is 0.361. The van der Waals surface area contributed by atoms with E-state index in [2.05, 4.69) is 37.6 Å². The van der Waals surface area contributed by atoms with Gasteiger partial charge in [-0.1, -0.05) is 17.4 Å². The van der Waals surface area contributed by atoms with Gasteiger partial charge >= 0.3 is 5.97 Å². The Kier molecular flexibility index (Phi) is 4.18. The van der Waals surface area contributed by atoms with Crippen LogP contribution in [0.3, 0.4) is 0 Å². The minimum atomic E-state index is -0.361. The standard InChI is InChI=1S/C12H11IN2O2S/c1-7-8(13)4-3-5-9(7)15-12-14-6-10(18-12)11(16)17-2/h3-6H,1-2H3,(H,14,15). The van der Waals surface area contributed by atoms with Gasteiger partial charge in [0.2, 0.25) is 0 Å². The van der Waals surface area contributed by atoms with E-state index in [1.165, 1.54) is 28.2 Å². The summed E-state index contributed by atoms with van der Waals surface area (Å²) < 4.78 is 5.83. The molecule has 0 aliphatic heterocycles. The molecular formula is C12H11IN2O2S. The first-order valence-corrected chi connectivity index (χ1v) is 7.07. The molecule has 1 aromatic carbocycles. The van der Waals surface area contributed by atoms with E-state index >= 15 is 0 Å². The predicted octanol–water partition coefficient (Wildman–Crippen LogP) is 3.59. The Morgan fingerprint density at radius 1 is 1.50 bits per heavy atom. The average Bonchev–Trinajstić information content (AvgIpc) is 2.82. The second kappa shape index (κ2) is 5.66. The molecule has 0 fully saturated rings. The molecule has 0 bridgehead atoms. The SMILES string of the molecule is COC(=O)c1cnc(Nc2cccc(I)c2C)s1. The molecule has 0 amide bonds. The maximum atomic E-state index is 11.3. The molecule has 0 aliphatic carbocycles. The van der Waals surface area contributed by atoms with Crippen LogP contribution in [0.4, 0.5) is 10.8 Å². The van der Waals surface area contributed by atoms with Gasteiger partial charge in [-0.2, -0.15) is 0 Å². The molecule has 2 aromatic rings. The van der Waals surface area contributed by atoms with Crippen LogP contribution in [0, 0.1) is 10.5 Å². The van der Waals surface area contributed by atoms with Crippen molar-refractivity contribution in [3.8, 4) is 0 Å². The number of esters is 1. The zero-order valence-electron chi connectivity index (χ0n) is 9.86. The Morgan fingerprint density at radius 3 is 3.00 bits per heavy atom. The molecule has 0 radical (unpaired) electrons. The number of carbonyl (C=O) groups excluding carboxylic acids is 1. The highest BCUT2D eigenvalue weighted by atomic mass is 127. The first-order chi connectivity index (χ1) is 8.61. The van der Waals surface area contributed by atoms with Crippen molar-refractivity contribution < 1.29 is 9.53 Å². The number of carbonyl (C=O) groups is 1. The lowest BCUT2D eigenvalue weighted by atomic mass is 10.2. The second-order valence-corrected chi connectivity index (χ2v) is 5.75. The van der Waals surface area contributed by atoms with Crippen LogP contribution in [0.15, 0.2) is 24.4 Å². The lowest BCUT2D eigenvalue weighted by molar-refractivity contribution is 0.0606. The summed E-state index contributed by atoms with van der Waals surface area (Å²) in [6, 6.07) is 6.01. The van der Waals surface area contributed by atoms with E-state index in [1.807, 2.05) is 25.1 Å². The molecule has 4 nitrogen and oxygen atoms in total. The number of aromatic nitrogens is 1. The molecule has 0 saturated carbocycles. The lowest BCUT2D eigenvalue weighted by Crippen LogP contribution is -1.96. The van der Waals surface area contributed by atoms with Crippen LogP contribution in [0.2, 0.25) is 0 Å². The Bertz CT molecular complexity index is 583. The summed E-state index contributed by atoms with van der Waals surface area (Å²) >= 11 is 3.56. The smallest absolute Gasteiger partial charge is 0.349 e. The summed E-state index contributed by atoms with van der Waals surface area (Å²) in [6.07, 6.45) is 1.52. The van der Waals surface area contributed by atoms with Crippen LogP contribution in [0.5, 0.6) is 0 Å². The maximum absolute atomic E-state index is 11.3. The summed E-state index contributed by atoms with van der Waals surface area (Å²) in [7, 11) is 1.36. The Labute approximate surface area is 123 Å². The van der Waals surface area contributed by atoms with E-state index in [4.69, 9.17) is 0 Å². The summed E-state index contributed by atoms with van der Waals surface area (Å²) in [4.78, 5) is 16.0. The minimum Gasteiger partial charge on any atom is -0.465 e. The Morgan fingerprint density at radius 2 is 2.28 bits per heavy atom. The maximum Gasteiger partial charge on any atom is 0.349 e. The highest BCUT2D eigenvalue weighted by Gasteiger charge is 2.11. The van der Waals surface area contributed by atoms with Crippen LogP contribution in [-0.4, -0.2) is 18.1 Å². The fraction of sp³-hybridized carbons (Fsp3) is 0.167. The summed E-state index contributed by atoms with van der Waals surface area (Å²) in [6.45, 7) is 2.04. The molecular weight excluding hydrogens is 363 g/mol. The number of hydrogen-bond acceptors (Lipinski definition) is 5. The van der Waals surface area contributed by atoms with Crippen LogP contribution < -0.4 is 5.32 Å². The van der Waals surface area contributed by atoms with Gasteiger partial charge in [-0.25, -0.2) is 9.78 Å². The van der Waals surface area contributed by atoms with Crippen molar-refractivity contribution in [2.24, 2.45) is 0 Å². The first-order valence-electron chi connectivity index (χ1n) is 5.18. The van der Waals surface area contributed by atoms with Crippen molar-refractivity contribution in [2.75, 3.05) is 12.4 Å². The number of methoxy groups -OCH3 is 1. The van der Waals surface area contributed by atoms with E-state index in [9.17, 15) is 4.79 Å². The second-order valence-electron chi connectivity index (χ2n) is 3.56. The van der Waals surface area contributed by atoms with Gasteiger partial charge in [0, 0.05) is 9.26 Å². The van der Waals surface area contributed by atoms with E-state index in [-0.39, 0.29) is 5.97 Å². The Hall–Kier alpha value is -1.15. The van der Waals surface area contributed by atoms with Gasteiger partial charge in [0.25, 0.3) is 0 Å². The molecule has 1 N–H and O–H groups in total. The number of hydrogen-bond donors (Lipinski definition) is 1. The zero-order valence-corrected chi connectivity index (χ0v) is 12.8. The van der Waals surface area contributed by atoms with Crippen LogP contribution in [-0.2, 0) is 4.74 Å². The molecule has 0 atom stereocenters. The van der Waals surface area contributed by atoms with Crippen molar-refractivity contribution in [1.29, 1.82) is 0 Å². The van der Waals surface area contributed by atoms with Crippen molar-refractivity contribution in [1.82, 2.24) is 4.98 Å². The zero-order chi connectivity index (χ0) is 13.1. The van der Waals surface area contributed by atoms with Crippen LogP contribution in [0.25, 0.3) is 0 Å². The number of nitrogens with zero attached hydrogens (tertiary/aromatic N) is 1. The molecule has 0 aliphatic rings. The third kappa shape index (κ3) is 2.81. The van der Waals surface area contributed by atoms with E-state index in [0.29, 0.717) is 10.0 Å². The molecule has 0 unspecified atom stereocenters. The number of ether oxygens (including phenoxy) is 1. The number of anilines is 2. The van der Waals surface area contributed by atoms with Crippen molar-refractivity contribution in [3.63, 3.8) is 0 Å². The fourth-order valence-corrected chi connectivity index (χ4v) is 2.63. The summed E-state index contributed by atoms with van der Waals surface area (Å²) in [5.74, 6) is -0.361. The Balaban J connectivity index is 2.21. The van der Waals surface area contributed by atoms with E-state index in [0.717, 1.165) is 11.3 Å². The van der Waals surface area contributed by atoms with Crippen LogP contribution in [0.1, 0.15) is 15.2 Å². The number of nitrogens with one attached hydrogen (secondary N) is 1. The molecule has 6 heteroatoms. The fourth-order valence-electron chi connectivity index (χ4n) is 1.38. The average molecular weight is 374 g/mol. The van der Waals surface area contributed by atoms with Gasteiger partial charge in [-0.3, -0.25) is 0 Å². The van der Waals surface area contributed by atoms with Crippen molar-refractivity contribution in [2.45, 2.75) is 6.92 Å². The number of rotatable bonds is 3. The van der Waals surface area contributed by atoms with Gasteiger partial charge in [0.1, 0.15) is 4.88 Å². The van der Waals surface area contributed by atoms with Gasteiger partial charge in [-0.15, -0.1) is 0 Å². The summed E-state index contributed by atoms with van der Waals surface area (Å²) in [5.41, 5.74) is 2.15. The molecule has 94 valence electrons. The number of halogens is 1. The highest BCUT2D eigenvalue weighted by molar-refractivity contribution is 14.1. The van der Waals surface area contributed by atoms with E-state index < -0.39 is 0 Å². The predicted molar refractivity (Wildman–Crippen MR) is 80.6 cm³/mol. The topological polar surface area (TPSA) is 51.2 Å². The molecule has 0 spiro atoms. The number of benzene rings is 1. The summed E-state index contributed by atoms with van der Waals surface area (Å²) in [5, 5.41) is 3.89. The van der Waals surface area contributed by atoms with Gasteiger partial charge in [-0.05, 0) is 47.2 Å². The largest absolute Gasteiger partial charge is 0.465 e. The monoisotopic (exact) mass is 374 g/mol. The molecule has 2 rings (SSSR count). The van der Waals surface area contributed by atoms with Crippen LogP contribution >= 0.6 is 33.9 Å². The van der Waals surface area contributed by atoms with Crippen molar-refractivity contribution >= 4 is 50.7 Å². The van der Waals surface area contributed by atoms with Gasteiger partial charge in [0.05, 0.1) is 13.3 Å². The lowest BCUT2D eigenvalue weighted by Gasteiger charge is -2.07. The highest BCUT2D eigenvalue weighted by Crippen LogP contribution is 2.27. The third-order valence-electron chi connectivity index (χ3n) is 2.40. The van der Waals surface area contributed by atoms with Gasteiger partial charge < -0.3 is 10.1 Å². The third-order valence-corrected chi connectivity index (χ3v) is 4.46. The quantitative estimate of drug-likeness (QED) is 0.659. The molecule has 18 heavy (non-hydrogen) atoms. The molecule has 0 saturated heterocycles.